The maximum atomic E-state index is 12.4. The topological polar surface area (TPSA) is 107 Å². The lowest BCUT2D eigenvalue weighted by Crippen LogP contribution is -2.13. The monoisotopic (exact) mass is 364 g/mol. The molecule has 8 nitrogen and oxygen atoms in total. The third kappa shape index (κ3) is 3.74. The molecule has 0 saturated heterocycles. The lowest BCUT2D eigenvalue weighted by molar-refractivity contribution is -0.385. The standard InChI is InChI=1S/C19H16N4O4/c1-12-3-4-14(11-16(12)23(26)27)19(25)21-15-7-5-13(6-8-15)17(24)18-20-9-10-22(18)2/h3-11H,1-2H3,(H,21,25). The van der Waals surface area contributed by atoms with Gasteiger partial charge in [0.2, 0.25) is 5.78 Å². The van der Waals surface area contributed by atoms with Gasteiger partial charge in [0.1, 0.15) is 0 Å². The first-order valence-corrected chi connectivity index (χ1v) is 8.05. The zero-order valence-corrected chi connectivity index (χ0v) is 14.7. The van der Waals surface area contributed by atoms with Crippen LogP contribution in [0, 0.1) is 17.0 Å². The first-order chi connectivity index (χ1) is 12.9. The van der Waals surface area contributed by atoms with Crippen LogP contribution in [-0.2, 0) is 7.05 Å². The van der Waals surface area contributed by atoms with Gasteiger partial charge in [-0.2, -0.15) is 0 Å². The lowest BCUT2D eigenvalue weighted by Gasteiger charge is -2.07. The Labute approximate surface area is 154 Å². The fraction of sp³-hybridized carbons (Fsp3) is 0.105. The molecule has 8 heteroatoms. The van der Waals surface area contributed by atoms with Gasteiger partial charge in [0, 0.05) is 47.9 Å². The molecule has 3 rings (SSSR count). The number of ketones is 1. The number of nitro groups is 1. The summed E-state index contributed by atoms with van der Waals surface area (Å²) in [5.41, 5.74) is 1.46. The lowest BCUT2D eigenvalue weighted by atomic mass is 10.1. The minimum Gasteiger partial charge on any atom is -0.331 e. The average Bonchev–Trinajstić information content (AvgIpc) is 3.07. The number of nitrogens with zero attached hydrogens (tertiary/aromatic N) is 3. The first-order valence-electron chi connectivity index (χ1n) is 8.05. The fourth-order valence-corrected chi connectivity index (χ4v) is 2.57. The third-order valence-electron chi connectivity index (χ3n) is 4.10. The van der Waals surface area contributed by atoms with Gasteiger partial charge in [-0.3, -0.25) is 19.7 Å². The molecular weight excluding hydrogens is 348 g/mol. The molecular formula is C19H16N4O4. The van der Waals surface area contributed by atoms with E-state index in [9.17, 15) is 19.7 Å². The summed E-state index contributed by atoms with van der Waals surface area (Å²) in [6.45, 7) is 1.61. The van der Waals surface area contributed by atoms with Crippen molar-refractivity contribution in [3.8, 4) is 0 Å². The molecule has 1 amide bonds. The zero-order chi connectivity index (χ0) is 19.6. The average molecular weight is 364 g/mol. The van der Waals surface area contributed by atoms with Crippen LogP contribution < -0.4 is 5.32 Å². The first kappa shape index (κ1) is 18.0. The minimum absolute atomic E-state index is 0.112. The predicted molar refractivity (Wildman–Crippen MR) is 98.9 cm³/mol. The molecule has 1 heterocycles. The van der Waals surface area contributed by atoms with Crippen molar-refractivity contribution in [1.82, 2.24) is 9.55 Å². The van der Waals surface area contributed by atoms with Gasteiger partial charge in [0.05, 0.1) is 4.92 Å². The van der Waals surface area contributed by atoms with E-state index in [2.05, 4.69) is 10.3 Å². The summed E-state index contributed by atoms with van der Waals surface area (Å²) >= 11 is 0. The molecule has 0 spiro atoms. The predicted octanol–water partition coefficient (Wildman–Crippen LogP) is 3.12. The van der Waals surface area contributed by atoms with Gasteiger partial charge in [-0.05, 0) is 37.3 Å². The number of hydrogen-bond acceptors (Lipinski definition) is 5. The van der Waals surface area contributed by atoms with Crippen LogP contribution in [-0.4, -0.2) is 26.2 Å². The highest BCUT2D eigenvalue weighted by Crippen LogP contribution is 2.20. The Bertz CT molecular complexity index is 1040. The van der Waals surface area contributed by atoms with Crippen LogP contribution in [0.3, 0.4) is 0 Å². The highest BCUT2D eigenvalue weighted by Gasteiger charge is 2.16. The van der Waals surface area contributed by atoms with Crippen LogP contribution in [0.15, 0.2) is 54.9 Å². The summed E-state index contributed by atoms with van der Waals surface area (Å²) in [7, 11) is 1.73. The van der Waals surface area contributed by atoms with E-state index in [0.717, 1.165) is 0 Å². The maximum absolute atomic E-state index is 12.4. The molecule has 2 aromatic carbocycles. The Kier molecular flexibility index (Phi) is 4.80. The van der Waals surface area contributed by atoms with E-state index in [-0.39, 0.29) is 17.0 Å². The second-order valence-corrected chi connectivity index (χ2v) is 5.98. The van der Waals surface area contributed by atoms with Gasteiger partial charge in [-0.25, -0.2) is 4.98 Å². The van der Waals surface area contributed by atoms with Crippen LogP contribution in [0.1, 0.15) is 32.1 Å². The minimum atomic E-state index is -0.524. The summed E-state index contributed by atoms with van der Waals surface area (Å²) in [4.78, 5) is 39.2. The Hall–Kier alpha value is -3.81. The number of amides is 1. The van der Waals surface area contributed by atoms with Gasteiger partial charge in [0.25, 0.3) is 11.6 Å². The second kappa shape index (κ2) is 7.20. The molecule has 1 N–H and O–H groups in total. The molecule has 0 saturated carbocycles. The van der Waals surface area contributed by atoms with E-state index in [1.807, 2.05) is 0 Å². The van der Waals surface area contributed by atoms with Crippen LogP contribution in [0.2, 0.25) is 0 Å². The number of anilines is 1. The molecule has 1 aromatic heterocycles. The van der Waals surface area contributed by atoms with Crippen LogP contribution in [0.4, 0.5) is 11.4 Å². The van der Waals surface area contributed by atoms with Crippen molar-refractivity contribution in [2.24, 2.45) is 7.05 Å². The Morgan fingerprint density at radius 1 is 1.11 bits per heavy atom. The molecule has 0 atom stereocenters. The molecule has 136 valence electrons. The number of hydrogen-bond donors (Lipinski definition) is 1. The van der Waals surface area contributed by atoms with Crippen molar-refractivity contribution < 1.29 is 14.5 Å². The number of nitro benzene ring substituents is 1. The molecule has 0 bridgehead atoms. The summed E-state index contributed by atoms with van der Waals surface area (Å²) in [6, 6.07) is 10.7. The van der Waals surface area contributed by atoms with Gasteiger partial charge in [-0.15, -0.1) is 0 Å². The van der Waals surface area contributed by atoms with E-state index in [0.29, 0.717) is 22.6 Å². The fourth-order valence-electron chi connectivity index (χ4n) is 2.57. The van der Waals surface area contributed by atoms with Gasteiger partial charge in [0.15, 0.2) is 5.82 Å². The van der Waals surface area contributed by atoms with Gasteiger partial charge >= 0.3 is 0 Å². The van der Waals surface area contributed by atoms with E-state index < -0.39 is 10.8 Å². The third-order valence-corrected chi connectivity index (χ3v) is 4.10. The molecule has 0 unspecified atom stereocenters. The largest absolute Gasteiger partial charge is 0.331 e. The molecule has 0 radical (unpaired) electrons. The number of imidazole rings is 1. The number of rotatable bonds is 5. The van der Waals surface area contributed by atoms with Crippen molar-refractivity contribution in [2.45, 2.75) is 6.92 Å². The number of aromatic nitrogens is 2. The summed E-state index contributed by atoms with van der Waals surface area (Å²) < 4.78 is 1.63. The second-order valence-electron chi connectivity index (χ2n) is 5.98. The summed E-state index contributed by atoms with van der Waals surface area (Å²) in [5, 5.41) is 13.7. The number of aryl methyl sites for hydroxylation is 2. The Morgan fingerprint density at radius 2 is 1.78 bits per heavy atom. The molecule has 0 fully saturated rings. The molecule has 27 heavy (non-hydrogen) atoms. The Balaban J connectivity index is 1.76. The maximum Gasteiger partial charge on any atom is 0.273 e. The molecule has 0 aliphatic carbocycles. The van der Waals surface area contributed by atoms with E-state index in [1.165, 1.54) is 18.2 Å². The van der Waals surface area contributed by atoms with Gasteiger partial charge < -0.3 is 9.88 Å². The smallest absolute Gasteiger partial charge is 0.273 e. The summed E-state index contributed by atoms with van der Waals surface area (Å²) in [6.07, 6.45) is 3.23. The molecule has 3 aromatic rings. The van der Waals surface area contributed by atoms with Crippen LogP contribution in [0.25, 0.3) is 0 Å². The number of carbonyl (C=O) groups excluding carboxylic acids is 2. The van der Waals surface area contributed by atoms with Crippen molar-refractivity contribution in [2.75, 3.05) is 5.32 Å². The van der Waals surface area contributed by atoms with Crippen LogP contribution >= 0.6 is 0 Å². The van der Waals surface area contributed by atoms with Gasteiger partial charge in [-0.1, -0.05) is 6.07 Å². The Morgan fingerprint density at radius 3 is 2.37 bits per heavy atom. The highest BCUT2D eigenvalue weighted by molar-refractivity contribution is 6.08. The normalized spacial score (nSPS) is 10.4. The number of benzene rings is 2. The SMILES string of the molecule is Cc1ccc(C(=O)Nc2ccc(C(=O)c3nccn3C)cc2)cc1[N+](=O)[O-]. The van der Waals surface area contributed by atoms with Crippen molar-refractivity contribution >= 4 is 23.1 Å². The zero-order valence-electron chi connectivity index (χ0n) is 14.7. The molecule has 0 aliphatic rings. The number of carbonyl (C=O) groups is 2. The van der Waals surface area contributed by atoms with Crippen molar-refractivity contribution in [3.05, 3.63) is 87.5 Å². The van der Waals surface area contributed by atoms with Crippen molar-refractivity contribution in [3.63, 3.8) is 0 Å². The van der Waals surface area contributed by atoms with Crippen LogP contribution in [0.5, 0.6) is 0 Å². The van der Waals surface area contributed by atoms with E-state index in [4.69, 9.17) is 0 Å². The molecule has 0 aliphatic heterocycles. The van der Waals surface area contributed by atoms with E-state index >= 15 is 0 Å². The number of nitrogens with one attached hydrogen (secondary N) is 1. The van der Waals surface area contributed by atoms with E-state index in [1.54, 1.807) is 55.2 Å². The van der Waals surface area contributed by atoms with Crippen molar-refractivity contribution in [1.29, 1.82) is 0 Å². The summed E-state index contributed by atoms with van der Waals surface area (Å²) in [5.74, 6) is -0.380. The highest BCUT2D eigenvalue weighted by atomic mass is 16.6. The quantitative estimate of drug-likeness (QED) is 0.425.